The lowest BCUT2D eigenvalue weighted by atomic mass is 9.86. The molecule has 1 unspecified atom stereocenters. The number of fused-ring (bicyclic) bond motifs is 1. The van der Waals surface area contributed by atoms with Crippen LogP contribution in [0.1, 0.15) is 42.3 Å². The lowest BCUT2D eigenvalue weighted by molar-refractivity contribution is -0.139. The van der Waals surface area contributed by atoms with Gasteiger partial charge in [0.15, 0.2) is 0 Å². The Balaban J connectivity index is 1.26. The molecule has 0 fully saturated rings. The van der Waals surface area contributed by atoms with Gasteiger partial charge in [0.25, 0.3) is 11.8 Å². The van der Waals surface area contributed by atoms with Gasteiger partial charge in [-0.2, -0.15) is 4.98 Å². The van der Waals surface area contributed by atoms with Crippen LogP contribution in [0.15, 0.2) is 95.5 Å². The van der Waals surface area contributed by atoms with Gasteiger partial charge in [0.1, 0.15) is 6.04 Å². The van der Waals surface area contributed by atoms with Crippen molar-refractivity contribution < 1.29 is 19.2 Å². The molecule has 0 saturated heterocycles. The molecular formula is C32H29N3O4. The number of carboxylic acid groups (broad SMARTS) is 1. The summed E-state index contributed by atoms with van der Waals surface area (Å²) in [5, 5.41) is 18.7. The lowest BCUT2D eigenvalue weighted by Crippen LogP contribution is -2.42. The van der Waals surface area contributed by atoms with E-state index in [9.17, 15) is 14.7 Å². The second-order valence-corrected chi connectivity index (χ2v) is 10.6. The van der Waals surface area contributed by atoms with Gasteiger partial charge in [-0.3, -0.25) is 4.79 Å². The van der Waals surface area contributed by atoms with E-state index >= 15 is 0 Å². The van der Waals surface area contributed by atoms with Crippen molar-refractivity contribution in [2.24, 2.45) is 0 Å². The van der Waals surface area contributed by atoms with E-state index in [0.717, 1.165) is 33.0 Å². The Morgan fingerprint density at radius 2 is 1.54 bits per heavy atom. The fourth-order valence-electron chi connectivity index (χ4n) is 4.37. The molecule has 7 heteroatoms. The van der Waals surface area contributed by atoms with Crippen molar-refractivity contribution in [2.75, 3.05) is 0 Å². The monoisotopic (exact) mass is 519 g/mol. The maximum atomic E-state index is 12.7. The van der Waals surface area contributed by atoms with Crippen LogP contribution in [0.2, 0.25) is 0 Å². The number of nitrogens with one attached hydrogen (secondary N) is 1. The fraction of sp³-hybridized carbons (Fsp3) is 0.188. The molecule has 1 atom stereocenters. The highest BCUT2D eigenvalue weighted by Gasteiger charge is 2.22. The number of carbonyl (C=O) groups is 2. The molecule has 0 spiro atoms. The first-order valence-corrected chi connectivity index (χ1v) is 12.7. The van der Waals surface area contributed by atoms with Crippen molar-refractivity contribution in [3.63, 3.8) is 0 Å². The molecule has 0 aliphatic heterocycles. The summed E-state index contributed by atoms with van der Waals surface area (Å²) in [4.78, 5) is 29.2. The van der Waals surface area contributed by atoms with Gasteiger partial charge in [-0.1, -0.05) is 92.7 Å². The third-order valence-corrected chi connectivity index (χ3v) is 6.69. The number of hydrogen-bond donors (Lipinski definition) is 2. The van der Waals surface area contributed by atoms with Crippen LogP contribution in [0.3, 0.4) is 0 Å². The standard InChI is InChI=1S/C32H29N3O4/c1-32(2,3)26-16-14-23(15-17-26)29(36)33-27(31(37)38)18-20-8-10-22(11-9-20)28-34-30(39-35-28)25-13-12-21-6-4-5-7-24(21)19-25/h4-17,19,27H,18H2,1-3H3,(H,33,36)(H,37,38). The van der Waals surface area contributed by atoms with E-state index in [1.54, 1.807) is 12.1 Å². The number of nitrogens with zero attached hydrogens (tertiary/aromatic N) is 2. The second-order valence-electron chi connectivity index (χ2n) is 10.6. The number of rotatable bonds is 7. The Hall–Kier alpha value is -4.78. The van der Waals surface area contributed by atoms with Crippen LogP contribution in [0.25, 0.3) is 33.6 Å². The first-order valence-electron chi connectivity index (χ1n) is 12.7. The summed E-state index contributed by atoms with van der Waals surface area (Å²) in [6, 6.07) is 27.4. The molecule has 0 aliphatic rings. The summed E-state index contributed by atoms with van der Waals surface area (Å²) in [5.41, 5.74) is 3.81. The van der Waals surface area contributed by atoms with Gasteiger partial charge < -0.3 is 14.9 Å². The van der Waals surface area contributed by atoms with Crippen molar-refractivity contribution in [1.82, 2.24) is 15.5 Å². The molecule has 2 N–H and O–H groups in total. The van der Waals surface area contributed by atoms with Crippen molar-refractivity contribution in [3.05, 3.63) is 108 Å². The highest BCUT2D eigenvalue weighted by molar-refractivity contribution is 5.96. The summed E-state index contributed by atoms with van der Waals surface area (Å²) >= 11 is 0. The molecule has 5 rings (SSSR count). The van der Waals surface area contributed by atoms with Gasteiger partial charge >= 0.3 is 5.97 Å². The van der Waals surface area contributed by atoms with Gasteiger partial charge in [-0.25, -0.2) is 4.79 Å². The summed E-state index contributed by atoms with van der Waals surface area (Å²) in [7, 11) is 0. The molecule has 1 amide bonds. The molecule has 4 aromatic carbocycles. The highest BCUT2D eigenvalue weighted by atomic mass is 16.5. The summed E-state index contributed by atoms with van der Waals surface area (Å²) < 4.78 is 5.51. The number of carbonyl (C=O) groups excluding carboxylic acids is 1. The quantitative estimate of drug-likeness (QED) is 0.262. The Morgan fingerprint density at radius 3 is 2.21 bits per heavy atom. The number of aliphatic carboxylic acids is 1. The van der Waals surface area contributed by atoms with Crippen LogP contribution in [-0.2, 0) is 16.6 Å². The number of amides is 1. The molecule has 0 saturated carbocycles. The van der Waals surface area contributed by atoms with Crippen molar-refractivity contribution >= 4 is 22.6 Å². The molecule has 1 heterocycles. The largest absolute Gasteiger partial charge is 0.480 e. The summed E-state index contributed by atoms with van der Waals surface area (Å²) in [6.45, 7) is 6.28. The van der Waals surface area contributed by atoms with Crippen molar-refractivity contribution in [3.8, 4) is 22.8 Å². The fourth-order valence-corrected chi connectivity index (χ4v) is 4.37. The van der Waals surface area contributed by atoms with Crippen LogP contribution in [-0.4, -0.2) is 33.2 Å². The zero-order chi connectivity index (χ0) is 27.6. The van der Waals surface area contributed by atoms with Gasteiger partial charge in [0.2, 0.25) is 5.82 Å². The molecular weight excluding hydrogens is 490 g/mol. The minimum Gasteiger partial charge on any atom is -0.480 e. The van der Waals surface area contributed by atoms with E-state index < -0.39 is 17.9 Å². The zero-order valence-electron chi connectivity index (χ0n) is 22.0. The zero-order valence-corrected chi connectivity index (χ0v) is 22.0. The average Bonchev–Trinajstić information content (AvgIpc) is 3.43. The van der Waals surface area contributed by atoms with Gasteiger partial charge in [-0.15, -0.1) is 0 Å². The van der Waals surface area contributed by atoms with E-state index in [4.69, 9.17) is 4.52 Å². The number of benzene rings is 4. The number of carboxylic acids is 1. The minimum absolute atomic E-state index is 0.0374. The molecule has 1 aromatic heterocycles. The molecule has 39 heavy (non-hydrogen) atoms. The first-order chi connectivity index (χ1) is 18.7. The third kappa shape index (κ3) is 5.88. The van der Waals surface area contributed by atoms with E-state index in [1.807, 2.05) is 78.9 Å². The van der Waals surface area contributed by atoms with Crippen molar-refractivity contribution in [2.45, 2.75) is 38.6 Å². The predicted molar refractivity (Wildman–Crippen MR) is 150 cm³/mol. The molecule has 0 radical (unpaired) electrons. The average molecular weight is 520 g/mol. The SMILES string of the molecule is CC(C)(C)c1ccc(C(=O)NC(Cc2ccc(-c3noc(-c4ccc5ccccc5c4)n3)cc2)C(=O)O)cc1. The Bertz CT molecular complexity index is 1630. The molecule has 0 aliphatic carbocycles. The topological polar surface area (TPSA) is 105 Å². The second kappa shape index (κ2) is 10.5. The van der Waals surface area contributed by atoms with Crippen molar-refractivity contribution in [1.29, 1.82) is 0 Å². The van der Waals surface area contributed by atoms with E-state index in [-0.39, 0.29) is 11.8 Å². The van der Waals surface area contributed by atoms with Crippen LogP contribution < -0.4 is 5.32 Å². The Kier molecular flexibility index (Phi) is 6.98. The van der Waals surface area contributed by atoms with Gasteiger partial charge in [0.05, 0.1) is 0 Å². The van der Waals surface area contributed by atoms with Crippen LogP contribution in [0, 0.1) is 0 Å². The van der Waals surface area contributed by atoms with Gasteiger partial charge in [0, 0.05) is 23.1 Å². The number of aromatic nitrogens is 2. The van der Waals surface area contributed by atoms with Gasteiger partial charge in [-0.05, 0) is 51.6 Å². The van der Waals surface area contributed by atoms with Crippen LogP contribution >= 0.6 is 0 Å². The maximum Gasteiger partial charge on any atom is 0.326 e. The first kappa shape index (κ1) is 25.9. The molecule has 7 nitrogen and oxygen atoms in total. The Labute approximate surface area is 226 Å². The summed E-state index contributed by atoms with van der Waals surface area (Å²) in [5.74, 6) is -0.667. The predicted octanol–water partition coefficient (Wildman–Crippen LogP) is 6.28. The maximum absolute atomic E-state index is 12.7. The van der Waals surface area contributed by atoms with E-state index in [1.165, 1.54) is 0 Å². The van der Waals surface area contributed by atoms with Crippen LogP contribution in [0.5, 0.6) is 0 Å². The summed E-state index contributed by atoms with van der Waals surface area (Å²) in [6.07, 6.45) is 0.135. The molecule has 5 aromatic rings. The van der Waals surface area contributed by atoms with E-state index in [2.05, 4.69) is 36.2 Å². The van der Waals surface area contributed by atoms with Crippen LogP contribution in [0.4, 0.5) is 0 Å². The third-order valence-electron chi connectivity index (χ3n) is 6.69. The highest BCUT2D eigenvalue weighted by Crippen LogP contribution is 2.26. The van der Waals surface area contributed by atoms with E-state index in [0.29, 0.717) is 17.3 Å². The molecule has 0 bridgehead atoms. The Morgan fingerprint density at radius 1 is 0.872 bits per heavy atom. The number of hydrogen-bond acceptors (Lipinski definition) is 5. The smallest absolute Gasteiger partial charge is 0.326 e. The normalized spacial score (nSPS) is 12.3. The molecule has 196 valence electrons. The minimum atomic E-state index is -1.10. The lowest BCUT2D eigenvalue weighted by Gasteiger charge is -2.19.